The zero-order valence-corrected chi connectivity index (χ0v) is 13.8. The summed E-state index contributed by atoms with van der Waals surface area (Å²) < 4.78 is 1.84. The van der Waals surface area contributed by atoms with Crippen LogP contribution in [0.25, 0.3) is 11.0 Å². The van der Waals surface area contributed by atoms with Gasteiger partial charge in [0.15, 0.2) is 5.65 Å². The van der Waals surface area contributed by atoms with Gasteiger partial charge in [-0.2, -0.15) is 5.10 Å². The Hall–Kier alpha value is -2.17. The first-order valence-corrected chi connectivity index (χ1v) is 7.61. The van der Waals surface area contributed by atoms with Crippen LogP contribution in [0.2, 0.25) is 0 Å². The van der Waals surface area contributed by atoms with Crippen molar-refractivity contribution in [1.29, 1.82) is 0 Å². The fraction of sp³-hybridized carbons (Fsp3) is 0.471. The number of carbonyl (C=O) groups excluding carboxylic acids is 1. The summed E-state index contributed by atoms with van der Waals surface area (Å²) in [7, 11) is 1.92. The minimum Gasteiger partial charge on any atom is -0.337 e. The van der Waals surface area contributed by atoms with E-state index in [0.717, 1.165) is 41.0 Å². The normalized spacial score (nSPS) is 15.0. The third-order valence-electron chi connectivity index (χ3n) is 4.59. The summed E-state index contributed by atoms with van der Waals surface area (Å²) in [5, 5.41) is 5.79. The van der Waals surface area contributed by atoms with E-state index in [4.69, 9.17) is 0 Å². The van der Waals surface area contributed by atoms with Gasteiger partial charge in [0.25, 0.3) is 0 Å². The largest absolute Gasteiger partial charge is 0.337 e. The molecule has 3 rings (SSSR count). The minimum absolute atomic E-state index is 0.145. The summed E-state index contributed by atoms with van der Waals surface area (Å²) >= 11 is 0. The number of hydrogen-bond acceptors (Lipinski definition) is 3. The molecule has 5 heteroatoms. The van der Waals surface area contributed by atoms with Crippen LogP contribution < -0.4 is 0 Å². The van der Waals surface area contributed by atoms with Gasteiger partial charge in [-0.15, -0.1) is 0 Å². The van der Waals surface area contributed by atoms with Crippen molar-refractivity contribution in [2.24, 2.45) is 7.05 Å². The smallest absolute Gasteiger partial charge is 0.249 e. The summed E-state index contributed by atoms with van der Waals surface area (Å²) in [6, 6.07) is 2.02. The van der Waals surface area contributed by atoms with Crippen LogP contribution in [0.15, 0.2) is 23.4 Å². The molecule has 2 aromatic rings. The van der Waals surface area contributed by atoms with E-state index >= 15 is 0 Å². The summed E-state index contributed by atoms with van der Waals surface area (Å²) in [6.45, 7) is 9.42. The molecule has 116 valence electrons. The molecule has 22 heavy (non-hydrogen) atoms. The van der Waals surface area contributed by atoms with Gasteiger partial charge in [-0.3, -0.25) is 9.48 Å². The van der Waals surface area contributed by atoms with Crippen LogP contribution in [0.4, 0.5) is 0 Å². The van der Waals surface area contributed by atoms with E-state index in [0.29, 0.717) is 5.92 Å². The highest BCUT2D eigenvalue weighted by molar-refractivity contribution is 5.94. The minimum atomic E-state index is 0.145. The van der Waals surface area contributed by atoms with Gasteiger partial charge in [0.05, 0.1) is 5.69 Å². The van der Waals surface area contributed by atoms with Crippen LogP contribution in [-0.2, 0) is 11.8 Å². The van der Waals surface area contributed by atoms with Crippen LogP contribution in [-0.4, -0.2) is 38.7 Å². The molecule has 2 aromatic heterocycles. The number of rotatable bonds is 2. The lowest BCUT2D eigenvalue weighted by Crippen LogP contribution is -2.49. The average Bonchev–Trinajstić information content (AvgIpc) is 2.75. The van der Waals surface area contributed by atoms with Crippen molar-refractivity contribution in [2.75, 3.05) is 13.1 Å². The summed E-state index contributed by atoms with van der Waals surface area (Å²) in [5.41, 5.74) is 5.11. The highest BCUT2D eigenvalue weighted by Crippen LogP contribution is 2.33. The molecular formula is C17H22N4O. The van der Waals surface area contributed by atoms with Gasteiger partial charge < -0.3 is 4.90 Å². The molecule has 1 fully saturated rings. The molecule has 0 atom stereocenters. The van der Waals surface area contributed by atoms with E-state index in [1.807, 2.05) is 49.7 Å². The first-order chi connectivity index (χ1) is 10.4. The SMILES string of the molecule is CC(C)=C(C)C(=O)N1CC(c2nn(C)c3nccc(C)c23)C1. The molecule has 1 amide bonds. The Bertz CT molecular complexity index is 777. The maximum atomic E-state index is 12.3. The van der Waals surface area contributed by atoms with Crippen molar-refractivity contribution >= 4 is 16.9 Å². The molecule has 0 radical (unpaired) electrons. The molecule has 0 bridgehead atoms. The Morgan fingerprint density at radius 3 is 2.59 bits per heavy atom. The molecule has 0 aliphatic carbocycles. The number of aromatic nitrogens is 3. The number of likely N-dealkylation sites (tertiary alicyclic amines) is 1. The lowest BCUT2D eigenvalue weighted by Gasteiger charge is -2.39. The summed E-state index contributed by atoms with van der Waals surface area (Å²) in [5.74, 6) is 0.451. The number of fused-ring (bicyclic) bond motifs is 1. The lowest BCUT2D eigenvalue weighted by molar-refractivity contribution is -0.131. The molecule has 1 aliphatic rings. The molecule has 3 heterocycles. The fourth-order valence-electron chi connectivity index (χ4n) is 2.92. The lowest BCUT2D eigenvalue weighted by atomic mass is 9.92. The first kappa shape index (κ1) is 14.8. The third-order valence-corrected chi connectivity index (χ3v) is 4.59. The van der Waals surface area contributed by atoms with Gasteiger partial charge in [0.2, 0.25) is 5.91 Å². The molecule has 0 saturated carbocycles. The zero-order valence-electron chi connectivity index (χ0n) is 13.8. The monoisotopic (exact) mass is 298 g/mol. The molecule has 0 aromatic carbocycles. The topological polar surface area (TPSA) is 51.0 Å². The molecule has 1 aliphatic heterocycles. The Labute approximate surface area is 130 Å². The summed E-state index contributed by atoms with van der Waals surface area (Å²) in [6.07, 6.45) is 1.82. The van der Waals surface area contributed by atoms with Gasteiger partial charge in [0, 0.05) is 43.2 Å². The van der Waals surface area contributed by atoms with Crippen molar-refractivity contribution in [3.05, 3.63) is 34.7 Å². The number of aryl methyl sites for hydroxylation is 2. The predicted octanol–water partition coefficient (Wildman–Crippen LogP) is 2.56. The number of hydrogen-bond donors (Lipinski definition) is 0. The molecule has 1 saturated heterocycles. The second-order valence-corrected chi connectivity index (χ2v) is 6.37. The number of pyridine rings is 1. The van der Waals surface area contributed by atoms with Crippen molar-refractivity contribution in [1.82, 2.24) is 19.7 Å². The number of carbonyl (C=O) groups is 1. The summed E-state index contributed by atoms with van der Waals surface area (Å²) in [4.78, 5) is 18.6. The van der Waals surface area contributed by atoms with Crippen LogP contribution in [0.5, 0.6) is 0 Å². The highest BCUT2D eigenvalue weighted by Gasteiger charge is 2.35. The van der Waals surface area contributed by atoms with Crippen molar-refractivity contribution in [3.8, 4) is 0 Å². The van der Waals surface area contributed by atoms with Crippen molar-refractivity contribution in [3.63, 3.8) is 0 Å². The molecular weight excluding hydrogens is 276 g/mol. The maximum Gasteiger partial charge on any atom is 0.249 e. The fourth-order valence-corrected chi connectivity index (χ4v) is 2.92. The van der Waals surface area contributed by atoms with Gasteiger partial charge in [-0.25, -0.2) is 4.98 Å². The van der Waals surface area contributed by atoms with E-state index in [-0.39, 0.29) is 5.91 Å². The van der Waals surface area contributed by atoms with Crippen LogP contribution in [0.1, 0.15) is 37.9 Å². The van der Waals surface area contributed by atoms with Crippen LogP contribution in [0, 0.1) is 6.92 Å². The molecule has 5 nitrogen and oxygen atoms in total. The van der Waals surface area contributed by atoms with Gasteiger partial charge in [-0.1, -0.05) is 5.57 Å². The molecule has 0 unspecified atom stereocenters. The van der Waals surface area contributed by atoms with E-state index in [1.165, 1.54) is 5.56 Å². The molecule has 0 spiro atoms. The average molecular weight is 298 g/mol. The van der Waals surface area contributed by atoms with Crippen LogP contribution >= 0.6 is 0 Å². The number of amides is 1. The predicted molar refractivity (Wildman–Crippen MR) is 86.6 cm³/mol. The second-order valence-electron chi connectivity index (χ2n) is 6.37. The van der Waals surface area contributed by atoms with E-state index in [1.54, 1.807) is 0 Å². The van der Waals surface area contributed by atoms with Gasteiger partial charge in [-0.05, 0) is 39.3 Å². The first-order valence-electron chi connectivity index (χ1n) is 7.61. The van der Waals surface area contributed by atoms with E-state index in [9.17, 15) is 4.79 Å². The van der Waals surface area contributed by atoms with E-state index < -0.39 is 0 Å². The standard InChI is InChI=1S/C17H22N4O/c1-10(2)12(4)17(22)21-8-13(9-21)15-14-11(3)6-7-18-16(14)20(5)19-15/h6-7,13H,8-9H2,1-5H3. The van der Waals surface area contributed by atoms with Gasteiger partial charge >= 0.3 is 0 Å². The quantitative estimate of drug-likeness (QED) is 0.801. The van der Waals surface area contributed by atoms with Crippen molar-refractivity contribution < 1.29 is 4.79 Å². The number of allylic oxidation sites excluding steroid dienone is 1. The Morgan fingerprint density at radius 1 is 1.27 bits per heavy atom. The number of nitrogens with zero attached hydrogens (tertiary/aromatic N) is 4. The molecule has 0 N–H and O–H groups in total. The maximum absolute atomic E-state index is 12.3. The van der Waals surface area contributed by atoms with E-state index in [2.05, 4.69) is 17.0 Å². The Kier molecular flexibility index (Phi) is 3.51. The highest BCUT2D eigenvalue weighted by atomic mass is 16.2. The van der Waals surface area contributed by atoms with Crippen molar-refractivity contribution in [2.45, 2.75) is 33.6 Å². The van der Waals surface area contributed by atoms with Crippen LogP contribution in [0.3, 0.4) is 0 Å². The second kappa shape index (κ2) is 5.23. The third kappa shape index (κ3) is 2.21. The van der Waals surface area contributed by atoms with Gasteiger partial charge in [0.1, 0.15) is 0 Å². The zero-order chi connectivity index (χ0) is 16.0. The Balaban J connectivity index is 1.85. The Morgan fingerprint density at radius 2 is 1.95 bits per heavy atom.